The van der Waals surface area contributed by atoms with Gasteiger partial charge in [0.15, 0.2) is 0 Å². The molecular weight excluding hydrogens is 367 g/mol. The van der Waals surface area contributed by atoms with Gasteiger partial charge < -0.3 is 0 Å². The van der Waals surface area contributed by atoms with E-state index in [0.29, 0.717) is 15.0 Å². The number of rotatable bonds is 3. The first kappa shape index (κ1) is 12.8. The first-order valence-electron chi connectivity index (χ1n) is 5.90. The summed E-state index contributed by atoms with van der Waals surface area (Å²) >= 11 is 3.84. The molecule has 4 heteroatoms. The van der Waals surface area contributed by atoms with Crippen molar-refractivity contribution in [1.82, 2.24) is 9.97 Å². The van der Waals surface area contributed by atoms with Crippen LogP contribution in [0.1, 0.15) is 5.56 Å². The summed E-state index contributed by atoms with van der Waals surface area (Å²) in [7, 11) is 0. The van der Waals surface area contributed by atoms with Gasteiger partial charge in [-0.2, -0.15) is 0 Å². The Bertz CT molecular complexity index is 701. The number of hydrogen-bond donors (Lipinski definition) is 0. The maximum atomic E-state index is 4.46. The zero-order valence-corrected chi connectivity index (χ0v) is 13.4. The van der Waals surface area contributed by atoms with E-state index >= 15 is 0 Å². The van der Waals surface area contributed by atoms with Crippen LogP contribution in [0.2, 0.25) is 0 Å². The molecule has 2 aromatic carbocycles. The summed E-state index contributed by atoms with van der Waals surface area (Å²) in [5, 5.41) is 2.22. The van der Waals surface area contributed by atoms with Gasteiger partial charge in [-0.05, 0) is 0 Å². The Morgan fingerprint density at radius 3 is 2.68 bits per heavy atom. The molecule has 3 aromatic rings. The van der Waals surface area contributed by atoms with Crippen molar-refractivity contribution in [3.8, 4) is 0 Å². The van der Waals surface area contributed by atoms with E-state index < -0.39 is 0 Å². The van der Waals surface area contributed by atoms with Crippen molar-refractivity contribution in [3.63, 3.8) is 0 Å². The van der Waals surface area contributed by atoms with Crippen LogP contribution in [0.3, 0.4) is 0 Å². The van der Waals surface area contributed by atoms with E-state index in [2.05, 4.69) is 56.2 Å². The maximum absolute atomic E-state index is 4.46. The summed E-state index contributed by atoms with van der Waals surface area (Å²) in [6.07, 6.45) is 1.66. The molecule has 0 amide bonds. The van der Waals surface area contributed by atoms with Gasteiger partial charge in [0, 0.05) is 0 Å². The second-order valence-corrected chi connectivity index (χ2v) is 7.05. The average molecular weight is 378 g/mol. The molecule has 94 valence electrons. The van der Waals surface area contributed by atoms with E-state index in [1.807, 2.05) is 18.2 Å². The fourth-order valence-corrected chi connectivity index (χ4v) is 4.17. The molecule has 3 rings (SSSR count). The SMILES string of the molecule is Brc1ccc2ncnc([Se]Cc3ccccc3)c2c1. The molecule has 0 saturated heterocycles. The minimum atomic E-state index is 0.323. The molecule has 0 saturated carbocycles. The third-order valence-corrected chi connectivity index (χ3v) is 5.53. The van der Waals surface area contributed by atoms with Gasteiger partial charge in [0.1, 0.15) is 0 Å². The Balaban J connectivity index is 1.90. The van der Waals surface area contributed by atoms with Crippen LogP contribution in [0.15, 0.2) is 59.3 Å². The monoisotopic (exact) mass is 378 g/mol. The number of benzene rings is 2. The number of nitrogens with zero attached hydrogens (tertiary/aromatic N) is 2. The summed E-state index contributed by atoms with van der Waals surface area (Å²) < 4.78 is 2.24. The first-order chi connectivity index (χ1) is 9.33. The van der Waals surface area contributed by atoms with Crippen LogP contribution in [0.4, 0.5) is 0 Å². The Kier molecular flexibility index (Phi) is 3.92. The molecular formula is C15H11BrN2Se. The van der Waals surface area contributed by atoms with Crippen LogP contribution in [0.5, 0.6) is 0 Å². The Morgan fingerprint density at radius 2 is 1.84 bits per heavy atom. The molecule has 0 spiro atoms. The zero-order valence-electron chi connectivity index (χ0n) is 10.1. The van der Waals surface area contributed by atoms with Gasteiger partial charge in [-0.25, -0.2) is 0 Å². The molecule has 19 heavy (non-hydrogen) atoms. The fourth-order valence-electron chi connectivity index (χ4n) is 1.85. The van der Waals surface area contributed by atoms with E-state index in [-0.39, 0.29) is 0 Å². The Morgan fingerprint density at radius 1 is 1.00 bits per heavy atom. The molecule has 0 atom stereocenters. The molecule has 1 aromatic heterocycles. The van der Waals surface area contributed by atoms with Crippen molar-refractivity contribution in [2.24, 2.45) is 0 Å². The molecule has 0 unspecified atom stereocenters. The second-order valence-electron chi connectivity index (χ2n) is 4.11. The van der Waals surface area contributed by atoms with Crippen molar-refractivity contribution in [1.29, 1.82) is 0 Å². The van der Waals surface area contributed by atoms with E-state index in [1.54, 1.807) is 6.33 Å². The number of fused-ring (bicyclic) bond motifs is 1. The van der Waals surface area contributed by atoms with Gasteiger partial charge in [0.25, 0.3) is 0 Å². The predicted molar refractivity (Wildman–Crippen MR) is 82.8 cm³/mol. The van der Waals surface area contributed by atoms with Crippen molar-refractivity contribution in [2.75, 3.05) is 0 Å². The van der Waals surface area contributed by atoms with Gasteiger partial charge in [0.2, 0.25) is 0 Å². The van der Waals surface area contributed by atoms with Crippen molar-refractivity contribution < 1.29 is 0 Å². The molecule has 0 radical (unpaired) electrons. The van der Waals surface area contributed by atoms with Crippen molar-refractivity contribution in [2.45, 2.75) is 5.32 Å². The summed E-state index contributed by atoms with van der Waals surface area (Å²) in [6, 6.07) is 16.7. The normalized spacial score (nSPS) is 10.8. The second kappa shape index (κ2) is 5.83. The molecule has 0 fully saturated rings. The Hall–Kier alpha value is -1.22. The van der Waals surface area contributed by atoms with Crippen molar-refractivity contribution in [3.05, 3.63) is 64.9 Å². The molecule has 2 nitrogen and oxygen atoms in total. The zero-order chi connectivity index (χ0) is 13.1. The fraction of sp³-hybridized carbons (Fsp3) is 0.0667. The summed E-state index contributed by atoms with van der Waals surface area (Å²) in [5.74, 6) is 0. The minimum absolute atomic E-state index is 0.323. The molecule has 1 heterocycles. The van der Waals surface area contributed by atoms with Crippen LogP contribution < -0.4 is 4.59 Å². The summed E-state index contributed by atoms with van der Waals surface area (Å²) in [4.78, 5) is 8.77. The summed E-state index contributed by atoms with van der Waals surface area (Å²) in [6.45, 7) is 0. The topological polar surface area (TPSA) is 25.8 Å². The van der Waals surface area contributed by atoms with Gasteiger partial charge in [-0.1, -0.05) is 0 Å². The van der Waals surface area contributed by atoms with E-state index in [9.17, 15) is 0 Å². The third kappa shape index (κ3) is 3.03. The number of halogens is 1. The molecule has 0 aliphatic rings. The molecule has 0 aliphatic carbocycles. The predicted octanol–water partition coefficient (Wildman–Crippen LogP) is 2.92. The molecule has 0 aliphatic heterocycles. The first-order valence-corrected chi connectivity index (χ1v) is 8.76. The van der Waals surface area contributed by atoms with Crippen LogP contribution in [0, 0.1) is 0 Å². The van der Waals surface area contributed by atoms with Gasteiger partial charge in [0.05, 0.1) is 0 Å². The number of hydrogen-bond acceptors (Lipinski definition) is 2. The Labute approximate surface area is 126 Å². The van der Waals surface area contributed by atoms with Crippen LogP contribution in [-0.2, 0) is 5.32 Å². The van der Waals surface area contributed by atoms with Crippen LogP contribution in [0.25, 0.3) is 10.9 Å². The average Bonchev–Trinajstić information content (AvgIpc) is 2.46. The quantitative estimate of drug-likeness (QED) is 0.656. The molecule has 0 bridgehead atoms. The summed E-state index contributed by atoms with van der Waals surface area (Å²) in [5.41, 5.74) is 2.38. The van der Waals surface area contributed by atoms with Gasteiger partial charge in [-0.3, -0.25) is 0 Å². The van der Waals surface area contributed by atoms with Gasteiger partial charge >= 0.3 is 127 Å². The van der Waals surface area contributed by atoms with E-state index in [1.165, 1.54) is 10.2 Å². The standard InChI is InChI=1S/C15H11BrN2Se/c16-12-6-7-14-13(8-12)15(18-10-17-14)19-9-11-4-2-1-3-5-11/h1-8,10H,9H2. The van der Waals surface area contributed by atoms with E-state index in [0.717, 1.165) is 20.7 Å². The van der Waals surface area contributed by atoms with E-state index in [4.69, 9.17) is 0 Å². The molecule has 0 N–H and O–H groups in total. The van der Waals surface area contributed by atoms with Crippen LogP contribution in [-0.4, -0.2) is 24.9 Å². The van der Waals surface area contributed by atoms with Gasteiger partial charge in [-0.15, -0.1) is 0 Å². The van der Waals surface area contributed by atoms with Crippen molar-refractivity contribution >= 4 is 46.4 Å². The van der Waals surface area contributed by atoms with Crippen LogP contribution >= 0.6 is 15.9 Å². The third-order valence-electron chi connectivity index (χ3n) is 2.78. The number of aromatic nitrogens is 2.